The lowest BCUT2D eigenvalue weighted by atomic mass is 9.92. The molecule has 1 fully saturated rings. The van der Waals surface area contributed by atoms with Crippen molar-refractivity contribution in [2.75, 3.05) is 0 Å². The molecule has 1 aromatic heterocycles. The molecule has 1 heterocycles. The van der Waals surface area contributed by atoms with Gasteiger partial charge in [-0.25, -0.2) is 13.8 Å². The van der Waals surface area contributed by atoms with Crippen LogP contribution in [-0.2, 0) is 0 Å². The van der Waals surface area contributed by atoms with Crippen LogP contribution in [0.1, 0.15) is 31.7 Å². The van der Waals surface area contributed by atoms with Gasteiger partial charge in [-0.15, -0.1) is 0 Å². The molecule has 0 radical (unpaired) electrons. The number of nitrogens with zero attached hydrogens (tertiary/aromatic N) is 2. The molecule has 0 atom stereocenters. The Balaban J connectivity index is 1.91. The maximum atomic E-state index is 13.2. The Labute approximate surface area is 112 Å². The lowest BCUT2D eigenvalue weighted by Gasteiger charge is -2.29. The van der Waals surface area contributed by atoms with Crippen LogP contribution >= 0.6 is 15.9 Å². The normalized spacial score (nSPS) is 20.4. The molecule has 0 saturated heterocycles. The van der Waals surface area contributed by atoms with Crippen molar-refractivity contribution in [3.8, 4) is 0 Å². The van der Waals surface area contributed by atoms with Gasteiger partial charge in [0.05, 0.1) is 17.4 Å². The van der Waals surface area contributed by atoms with Crippen LogP contribution in [0, 0.1) is 0 Å². The Kier molecular flexibility index (Phi) is 2.88. The number of rotatable bonds is 1. The quantitative estimate of drug-likeness (QED) is 0.755. The van der Waals surface area contributed by atoms with E-state index in [1.54, 1.807) is 6.33 Å². The number of halogens is 3. The van der Waals surface area contributed by atoms with Crippen molar-refractivity contribution in [1.29, 1.82) is 0 Å². The number of alkyl halides is 2. The highest BCUT2D eigenvalue weighted by Crippen LogP contribution is 2.39. The Bertz CT molecular complexity index is 569. The predicted octanol–water partition coefficient (Wildman–Crippen LogP) is 4.55. The van der Waals surface area contributed by atoms with Gasteiger partial charge in [-0.2, -0.15) is 0 Å². The first-order chi connectivity index (χ1) is 8.55. The summed E-state index contributed by atoms with van der Waals surface area (Å²) in [6, 6.07) is 6.04. The van der Waals surface area contributed by atoms with Gasteiger partial charge in [0.1, 0.15) is 0 Å². The predicted molar refractivity (Wildman–Crippen MR) is 69.9 cm³/mol. The van der Waals surface area contributed by atoms with Gasteiger partial charge in [0.15, 0.2) is 0 Å². The molecular formula is C13H13BrF2N2. The van der Waals surface area contributed by atoms with Crippen LogP contribution in [0.25, 0.3) is 11.0 Å². The van der Waals surface area contributed by atoms with Crippen molar-refractivity contribution in [1.82, 2.24) is 9.55 Å². The van der Waals surface area contributed by atoms with Crippen LogP contribution in [0.2, 0.25) is 0 Å². The SMILES string of the molecule is FC1(F)CCC(n2cnc3cc(Br)ccc32)CC1. The molecule has 96 valence electrons. The molecule has 0 aliphatic heterocycles. The van der Waals surface area contributed by atoms with E-state index in [-0.39, 0.29) is 18.9 Å². The van der Waals surface area contributed by atoms with Gasteiger partial charge >= 0.3 is 0 Å². The third kappa shape index (κ3) is 2.16. The molecule has 0 N–H and O–H groups in total. The molecule has 0 spiro atoms. The molecule has 5 heteroatoms. The van der Waals surface area contributed by atoms with Crippen molar-refractivity contribution in [2.45, 2.75) is 37.6 Å². The number of fused-ring (bicyclic) bond motifs is 1. The Morgan fingerprint density at radius 2 is 2.00 bits per heavy atom. The highest BCUT2D eigenvalue weighted by Gasteiger charge is 2.35. The summed E-state index contributed by atoms with van der Waals surface area (Å²) in [5, 5.41) is 0. The van der Waals surface area contributed by atoms with E-state index in [0.717, 1.165) is 15.5 Å². The monoisotopic (exact) mass is 314 g/mol. The summed E-state index contributed by atoms with van der Waals surface area (Å²) in [6.07, 6.45) is 2.77. The summed E-state index contributed by atoms with van der Waals surface area (Å²) < 4.78 is 29.3. The van der Waals surface area contributed by atoms with Gasteiger partial charge in [0, 0.05) is 23.4 Å². The topological polar surface area (TPSA) is 17.8 Å². The first kappa shape index (κ1) is 12.1. The number of aromatic nitrogens is 2. The first-order valence-electron chi connectivity index (χ1n) is 6.05. The van der Waals surface area contributed by atoms with Crippen LogP contribution in [0.4, 0.5) is 8.78 Å². The van der Waals surface area contributed by atoms with Crippen molar-refractivity contribution in [2.24, 2.45) is 0 Å². The van der Waals surface area contributed by atoms with Gasteiger partial charge in [-0.3, -0.25) is 0 Å². The fourth-order valence-corrected chi connectivity index (χ4v) is 2.95. The molecule has 2 aromatic rings. The molecule has 1 aliphatic rings. The summed E-state index contributed by atoms with van der Waals surface area (Å²) in [5.74, 6) is -2.48. The second-order valence-corrected chi connectivity index (χ2v) is 5.79. The molecule has 3 rings (SSSR count). The second kappa shape index (κ2) is 4.30. The highest BCUT2D eigenvalue weighted by atomic mass is 79.9. The second-order valence-electron chi connectivity index (χ2n) is 4.87. The Morgan fingerprint density at radius 1 is 1.28 bits per heavy atom. The molecule has 1 saturated carbocycles. The van der Waals surface area contributed by atoms with E-state index in [1.807, 2.05) is 22.8 Å². The van der Waals surface area contributed by atoms with E-state index in [2.05, 4.69) is 20.9 Å². The minimum atomic E-state index is -2.48. The van der Waals surface area contributed by atoms with Gasteiger partial charge in [-0.1, -0.05) is 15.9 Å². The van der Waals surface area contributed by atoms with Crippen molar-refractivity contribution in [3.63, 3.8) is 0 Å². The standard InChI is InChI=1S/C13H13BrF2N2/c14-9-1-2-12-11(7-9)17-8-18(12)10-3-5-13(15,16)6-4-10/h1-2,7-8,10H,3-6H2. The third-order valence-electron chi connectivity index (χ3n) is 3.62. The van der Waals surface area contributed by atoms with E-state index in [9.17, 15) is 8.78 Å². The molecule has 0 unspecified atom stereocenters. The number of imidazole rings is 1. The van der Waals surface area contributed by atoms with E-state index < -0.39 is 5.92 Å². The van der Waals surface area contributed by atoms with Crippen molar-refractivity contribution < 1.29 is 8.78 Å². The maximum Gasteiger partial charge on any atom is 0.248 e. The van der Waals surface area contributed by atoms with Crippen molar-refractivity contribution >= 4 is 27.0 Å². The number of hydrogen-bond acceptors (Lipinski definition) is 1. The van der Waals surface area contributed by atoms with Crippen LogP contribution in [0.15, 0.2) is 29.0 Å². The molecule has 1 aromatic carbocycles. The van der Waals surface area contributed by atoms with E-state index in [1.165, 1.54) is 0 Å². The van der Waals surface area contributed by atoms with Crippen LogP contribution in [0.3, 0.4) is 0 Å². The fourth-order valence-electron chi connectivity index (χ4n) is 2.60. The number of hydrogen-bond donors (Lipinski definition) is 0. The van der Waals surface area contributed by atoms with E-state index >= 15 is 0 Å². The molecule has 0 bridgehead atoms. The summed E-state index contributed by atoms with van der Waals surface area (Å²) in [6.45, 7) is 0. The van der Waals surface area contributed by atoms with Gasteiger partial charge in [0.25, 0.3) is 0 Å². The zero-order valence-electron chi connectivity index (χ0n) is 9.74. The highest BCUT2D eigenvalue weighted by molar-refractivity contribution is 9.10. The van der Waals surface area contributed by atoms with E-state index in [4.69, 9.17) is 0 Å². The lowest BCUT2D eigenvalue weighted by Crippen LogP contribution is -2.26. The molecule has 2 nitrogen and oxygen atoms in total. The van der Waals surface area contributed by atoms with Gasteiger partial charge in [0.2, 0.25) is 5.92 Å². The van der Waals surface area contributed by atoms with Crippen LogP contribution < -0.4 is 0 Å². The molecule has 18 heavy (non-hydrogen) atoms. The molecule has 0 amide bonds. The zero-order chi connectivity index (χ0) is 12.8. The van der Waals surface area contributed by atoms with Crippen LogP contribution in [-0.4, -0.2) is 15.5 Å². The molecular weight excluding hydrogens is 302 g/mol. The maximum absolute atomic E-state index is 13.2. The summed E-state index contributed by atoms with van der Waals surface area (Å²) in [5.41, 5.74) is 1.93. The third-order valence-corrected chi connectivity index (χ3v) is 4.11. The summed E-state index contributed by atoms with van der Waals surface area (Å²) in [4.78, 5) is 4.34. The zero-order valence-corrected chi connectivity index (χ0v) is 11.3. The first-order valence-corrected chi connectivity index (χ1v) is 6.84. The minimum Gasteiger partial charge on any atom is -0.327 e. The summed E-state index contributed by atoms with van der Waals surface area (Å²) in [7, 11) is 0. The van der Waals surface area contributed by atoms with Gasteiger partial charge in [-0.05, 0) is 31.0 Å². The fraction of sp³-hybridized carbons (Fsp3) is 0.462. The van der Waals surface area contributed by atoms with Crippen LogP contribution in [0.5, 0.6) is 0 Å². The number of benzene rings is 1. The van der Waals surface area contributed by atoms with Crippen molar-refractivity contribution in [3.05, 3.63) is 29.0 Å². The lowest BCUT2D eigenvalue weighted by molar-refractivity contribution is -0.0436. The Morgan fingerprint density at radius 3 is 2.72 bits per heavy atom. The average molecular weight is 315 g/mol. The smallest absolute Gasteiger partial charge is 0.248 e. The molecule has 1 aliphatic carbocycles. The Hall–Kier alpha value is -0.970. The summed E-state index contributed by atoms with van der Waals surface area (Å²) >= 11 is 3.40. The average Bonchev–Trinajstić information content (AvgIpc) is 2.72. The van der Waals surface area contributed by atoms with E-state index in [0.29, 0.717) is 12.8 Å². The van der Waals surface area contributed by atoms with Gasteiger partial charge < -0.3 is 4.57 Å². The minimum absolute atomic E-state index is 0.0200. The largest absolute Gasteiger partial charge is 0.327 e.